The number of aromatic nitrogens is 2. The van der Waals surface area contributed by atoms with Crippen molar-refractivity contribution in [2.75, 3.05) is 7.11 Å². The molecule has 0 aliphatic carbocycles. The molecule has 0 bridgehead atoms. The van der Waals surface area contributed by atoms with Crippen LogP contribution in [0.15, 0.2) is 30.5 Å². The molecule has 2 rings (SSSR count). The fourth-order valence-electron chi connectivity index (χ4n) is 1.25. The summed E-state index contributed by atoms with van der Waals surface area (Å²) >= 11 is 0. The third-order valence-corrected chi connectivity index (χ3v) is 1.88. The van der Waals surface area contributed by atoms with Crippen LogP contribution in [0.25, 0.3) is 10.9 Å². The molecule has 0 unspecified atom stereocenters. The highest BCUT2D eigenvalue weighted by Gasteiger charge is 2.08. The minimum Gasteiger partial charge on any atom is -0.594 e. The van der Waals surface area contributed by atoms with Gasteiger partial charge < -0.3 is 9.94 Å². The lowest BCUT2D eigenvalue weighted by molar-refractivity contribution is -0.642. The molecule has 4 nitrogen and oxygen atoms in total. The molecule has 1 heterocycles. The lowest BCUT2D eigenvalue weighted by Gasteiger charge is -2.02. The predicted octanol–water partition coefficient (Wildman–Crippen LogP) is 0.877. The fraction of sp³-hybridized carbons (Fsp3) is 0.111. The van der Waals surface area contributed by atoms with Crippen molar-refractivity contribution in [1.82, 2.24) is 5.10 Å². The second-order valence-electron chi connectivity index (χ2n) is 2.60. The zero-order valence-corrected chi connectivity index (χ0v) is 7.10. The Kier molecular flexibility index (Phi) is 1.73. The minimum absolute atomic E-state index is 0.516. The van der Waals surface area contributed by atoms with Crippen LogP contribution in [-0.2, 0) is 0 Å². The number of benzene rings is 1. The first kappa shape index (κ1) is 7.79. The first-order chi connectivity index (χ1) is 6.33. The van der Waals surface area contributed by atoms with E-state index >= 15 is 0 Å². The Morgan fingerprint density at radius 1 is 1.38 bits per heavy atom. The second kappa shape index (κ2) is 2.90. The topological polar surface area (TPSA) is 49.1 Å². The summed E-state index contributed by atoms with van der Waals surface area (Å²) in [6, 6.07) is 7.17. The molecule has 0 saturated carbocycles. The molecular formula is C9H8N2O2. The van der Waals surface area contributed by atoms with Gasteiger partial charge in [-0.2, -0.15) is 0 Å². The number of methoxy groups -OCH3 is 1. The van der Waals surface area contributed by atoms with E-state index in [1.165, 1.54) is 6.20 Å². The SMILES string of the molecule is COc1cn[n+]([O-])c2ccccc12. The third kappa shape index (κ3) is 1.16. The van der Waals surface area contributed by atoms with Crippen LogP contribution in [0, 0.1) is 5.21 Å². The van der Waals surface area contributed by atoms with Gasteiger partial charge in [-0.25, -0.2) is 0 Å². The van der Waals surface area contributed by atoms with Gasteiger partial charge in [0.15, 0.2) is 5.75 Å². The summed E-state index contributed by atoms with van der Waals surface area (Å²) in [7, 11) is 1.55. The van der Waals surface area contributed by atoms with Crippen molar-refractivity contribution in [1.29, 1.82) is 0 Å². The zero-order valence-electron chi connectivity index (χ0n) is 7.10. The molecular weight excluding hydrogens is 168 g/mol. The van der Waals surface area contributed by atoms with Gasteiger partial charge in [0.25, 0.3) is 5.52 Å². The van der Waals surface area contributed by atoms with E-state index in [0.29, 0.717) is 16.1 Å². The monoisotopic (exact) mass is 176 g/mol. The highest BCUT2D eigenvalue weighted by molar-refractivity contribution is 5.81. The minimum atomic E-state index is 0.516. The largest absolute Gasteiger partial charge is 0.594 e. The van der Waals surface area contributed by atoms with Crippen molar-refractivity contribution in [2.45, 2.75) is 0 Å². The maximum absolute atomic E-state index is 11.2. The molecule has 2 aromatic rings. The summed E-state index contributed by atoms with van der Waals surface area (Å²) in [5.74, 6) is 0.614. The van der Waals surface area contributed by atoms with Crippen LogP contribution in [0.5, 0.6) is 5.75 Å². The maximum atomic E-state index is 11.2. The fourth-order valence-corrected chi connectivity index (χ4v) is 1.25. The molecule has 66 valence electrons. The predicted molar refractivity (Wildman–Crippen MR) is 47.3 cm³/mol. The third-order valence-electron chi connectivity index (χ3n) is 1.88. The van der Waals surface area contributed by atoms with Crippen molar-refractivity contribution in [2.24, 2.45) is 0 Å². The zero-order chi connectivity index (χ0) is 9.26. The number of para-hydroxylation sites is 1. The molecule has 0 aliphatic heterocycles. The van der Waals surface area contributed by atoms with E-state index < -0.39 is 0 Å². The molecule has 1 aromatic carbocycles. The van der Waals surface area contributed by atoms with Crippen LogP contribution in [0.3, 0.4) is 0 Å². The standard InChI is InChI=1S/C9H8N2O2/c1-13-9-6-10-11(12)8-5-3-2-4-7(8)9/h2-6H,1H3. The molecule has 4 heteroatoms. The van der Waals surface area contributed by atoms with Crippen molar-refractivity contribution < 1.29 is 9.58 Å². The van der Waals surface area contributed by atoms with Crippen molar-refractivity contribution >= 4 is 10.9 Å². The van der Waals surface area contributed by atoms with E-state index in [4.69, 9.17) is 4.74 Å². The van der Waals surface area contributed by atoms with Crippen LogP contribution in [0.1, 0.15) is 0 Å². The lowest BCUT2D eigenvalue weighted by Crippen LogP contribution is -2.31. The first-order valence-electron chi connectivity index (χ1n) is 3.84. The summed E-state index contributed by atoms with van der Waals surface area (Å²) in [5, 5.41) is 15.6. The summed E-state index contributed by atoms with van der Waals surface area (Å²) in [6.07, 6.45) is 1.41. The Morgan fingerprint density at radius 2 is 2.15 bits per heavy atom. The number of rotatable bonds is 1. The van der Waals surface area contributed by atoms with Gasteiger partial charge in [0.2, 0.25) is 0 Å². The number of nitrogens with zero attached hydrogens (tertiary/aromatic N) is 2. The summed E-state index contributed by atoms with van der Waals surface area (Å²) < 4.78 is 5.07. The van der Waals surface area contributed by atoms with Crippen molar-refractivity contribution in [3.05, 3.63) is 35.7 Å². The molecule has 0 saturated heterocycles. The molecule has 1 aromatic heterocycles. The second-order valence-corrected chi connectivity index (χ2v) is 2.60. The lowest BCUT2D eigenvalue weighted by atomic mass is 10.2. The molecule has 0 spiro atoms. The Labute approximate surface area is 75.0 Å². The van der Waals surface area contributed by atoms with Crippen LogP contribution < -0.4 is 9.58 Å². The maximum Gasteiger partial charge on any atom is 0.255 e. The van der Waals surface area contributed by atoms with Crippen molar-refractivity contribution in [3.63, 3.8) is 0 Å². The normalized spacial score (nSPS) is 10.2. The van der Waals surface area contributed by atoms with Gasteiger partial charge in [-0.05, 0) is 10.9 Å². The average Bonchev–Trinajstić information content (AvgIpc) is 2.19. The van der Waals surface area contributed by atoms with Gasteiger partial charge in [0, 0.05) is 11.2 Å². The van der Waals surface area contributed by atoms with Crippen LogP contribution in [0.2, 0.25) is 0 Å². The van der Waals surface area contributed by atoms with Gasteiger partial charge in [0.05, 0.1) is 12.5 Å². The van der Waals surface area contributed by atoms with Gasteiger partial charge in [-0.1, -0.05) is 12.1 Å². The Bertz CT molecular complexity index is 443. The number of hydrogen-bond acceptors (Lipinski definition) is 3. The van der Waals surface area contributed by atoms with E-state index in [1.807, 2.05) is 12.1 Å². The molecule has 0 fully saturated rings. The average molecular weight is 176 g/mol. The van der Waals surface area contributed by atoms with E-state index in [1.54, 1.807) is 19.2 Å². The quantitative estimate of drug-likeness (QED) is 0.478. The highest BCUT2D eigenvalue weighted by Crippen LogP contribution is 2.20. The molecule has 0 radical (unpaired) electrons. The van der Waals surface area contributed by atoms with Crippen molar-refractivity contribution in [3.8, 4) is 5.75 Å². The molecule has 0 atom stereocenters. The van der Waals surface area contributed by atoms with E-state index in [9.17, 15) is 5.21 Å². The van der Waals surface area contributed by atoms with Gasteiger partial charge in [-0.15, -0.1) is 0 Å². The van der Waals surface area contributed by atoms with Crippen LogP contribution in [0.4, 0.5) is 0 Å². The Hall–Kier alpha value is -1.84. The van der Waals surface area contributed by atoms with Crippen LogP contribution in [-0.4, -0.2) is 12.2 Å². The van der Waals surface area contributed by atoms with Gasteiger partial charge in [-0.3, -0.25) is 0 Å². The van der Waals surface area contributed by atoms with Crippen LogP contribution >= 0.6 is 0 Å². The molecule has 0 aliphatic rings. The summed E-state index contributed by atoms with van der Waals surface area (Å²) in [5.41, 5.74) is 0.516. The van der Waals surface area contributed by atoms with E-state index in [0.717, 1.165) is 5.39 Å². The highest BCUT2D eigenvalue weighted by atomic mass is 16.5. The number of ether oxygens (including phenoxy) is 1. The Morgan fingerprint density at radius 3 is 2.92 bits per heavy atom. The van der Waals surface area contributed by atoms with E-state index in [2.05, 4.69) is 5.10 Å². The molecule has 0 N–H and O–H groups in total. The number of hydrogen-bond donors (Lipinski definition) is 0. The number of fused-ring (bicyclic) bond motifs is 1. The molecule has 13 heavy (non-hydrogen) atoms. The smallest absolute Gasteiger partial charge is 0.255 e. The Balaban J connectivity index is 2.84. The summed E-state index contributed by atoms with van der Waals surface area (Å²) in [6.45, 7) is 0. The van der Waals surface area contributed by atoms with Gasteiger partial charge >= 0.3 is 0 Å². The molecule has 0 amide bonds. The summed E-state index contributed by atoms with van der Waals surface area (Å²) in [4.78, 5) is 0.581. The van der Waals surface area contributed by atoms with E-state index in [-0.39, 0.29) is 0 Å². The van der Waals surface area contributed by atoms with Gasteiger partial charge in [0.1, 0.15) is 6.20 Å². The first-order valence-corrected chi connectivity index (χ1v) is 3.84.